The predicted molar refractivity (Wildman–Crippen MR) is 83.2 cm³/mol. The number of rotatable bonds is 4. The third-order valence-corrected chi connectivity index (χ3v) is 3.62. The quantitative estimate of drug-likeness (QED) is 0.873. The summed E-state index contributed by atoms with van der Waals surface area (Å²) in [6.45, 7) is 3.68. The molecule has 1 fully saturated rings. The van der Waals surface area contributed by atoms with Crippen molar-refractivity contribution >= 4 is 23.2 Å². The minimum Gasteiger partial charge on any atom is -0.356 e. The third-order valence-electron chi connectivity index (χ3n) is 3.62. The van der Waals surface area contributed by atoms with Gasteiger partial charge in [0.2, 0.25) is 5.95 Å². The van der Waals surface area contributed by atoms with Crippen LogP contribution in [0.15, 0.2) is 36.5 Å². The summed E-state index contributed by atoms with van der Waals surface area (Å²) in [5.41, 5.74) is 1.57. The minimum atomic E-state index is 0.0637. The molecule has 0 atom stereocenters. The van der Waals surface area contributed by atoms with Crippen LogP contribution >= 0.6 is 0 Å². The highest BCUT2D eigenvalue weighted by Gasteiger charge is 2.14. The summed E-state index contributed by atoms with van der Waals surface area (Å²) in [4.78, 5) is 22.3. The number of hydrogen-bond acceptors (Lipinski definition) is 5. The fourth-order valence-corrected chi connectivity index (χ4v) is 2.45. The summed E-state index contributed by atoms with van der Waals surface area (Å²) in [5.74, 6) is 1.61. The van der Waals surface area contributed by atoms with Gasteiger partial charge in [-0.05, 0) is 50.1 Å². The first kappa shape index (κ1) is 13.5. The monoisotopic (exact) mass is 282 g/mol. The van der Waals surface area contributed by atoms with E-state index in [1.165, 1.54) is 12.8 Å². The number of ketones is 1. The molecule has 0 radical (unpaired) electrons. The molecule has 21 heavy (non-hydrogen) atoms. The lowest BCUT2D eigenvalue weighted by Gasteiger charge is -2.16. The Morgan fingerprint density at radius 3 is 2.52 bits per heavy atom. The summed E-state index contributed by atoms with van der Waals surface area (Å²) in [6, 6.07) is 9.27. The van der Waals surface area contributed by atoms with Gasteiger partial charge in [0.05, 0.1) is 0 Å². The molecule has 1 N–H and O–H groups in total. The Morgan fingerprint density at radius 2 is 1.86 bits per heavy atom. The summed E-state index contributed by atoms with van der Waals surface area (Å²) >= 11 is 0. The molecular weight excluding hydrogens is 264 g/mol. The van der Waals surface area contributed by atoms with E-state index in [1.54, 1.807) is 25.3 Å². The molecule has 5 heteroatoms. The van der Waals surface area contributed by atoms with E-state index in [4.69, 9.17) is 0 Å². The fraction of sp³-hybridized carbons (Fsp3) is 0.312. The van der Waals surface area contributed by atoms with Crippen molar-refractivity contribution in [1.82, 2.24) is 9.97 Å². The molecule has 1 aromatic heterocycles. The summed E-state index contributed by atoms with van der Waals surface area (Å²) in [5, 5.41) is 3.17. The maximum atomic E-state index is 11.3. The van der Waals surface area contributed by atoms with Gasteiger partial charge in [-0.3, -0.25) is 4.79 Å². The summed E-state index contributed by atoms with van der Waals surface area (Å²) in [7, 11) is 0. The van der Waals surface area contributed by atoms with E-state index in [9.17, 15) is 4.79 Å². The topological polar surface area (TPSA) is 58.1 Å². The molecule has 108 valence electrons. The van der Waals surface area contributed by atoms with Gasteiger partial charge in [-0.25, -0.2) is 4.98 Å². The minimum absolute atomic E-state index is 0.0637. The Bertz CT molecular complexity index is 633. The average molecular weight is 282 g/mol. The molecule has 3 rings (SSSR count). The molecule has 0 saturated carbocycles. The number of hydrogen-bond donors (Lipinski definition) is 1. The molecule has 0 amide bonds. The van der Waals surface area contributed by atoms with E-state index < -0.39 is 0 Å². The van der Waals surface area contributed by atoms with Crippen molar-refractivity contribution in [2.24, 2.45) is 0 Å². The van der Waals surface area contributed by atoms with E-state index in [2.05, 4.69) is 20.2 Å². The van der Waals surface area contributed by atoms with Crippen molar-refractivity contribution < 1.29 is 4.79 Å². The molecule has 1 aliphatic heterocycles. The smallest absolute Gasteiger partial charge is 0.229 e. The van der Waals surface area contributed by atoms with Crippen molar-refractivity contribution in [2.45, 2.75) is 19.8 Å². The standard InChI is InChI=1S/C16H18N4O/c1-12(21)13-4-6-14(7-5-13)18-16-17-9-8-15(19-16)20-10-2-3-11-20/h4-9H,2-3,10-11H2,1H3,(H,17,18,19). The zero-order chi connectivity index (χ0) is 14.7. The Kier molecular flexibility index (Phi) is 3.81. The molecular formula is C16H18N4O. The fourth-order valence-electron chi connectivity index (χ4n) is 2.45. The largest absolute Gasteiger partial charge is 0.356 e. The lowest BCUT2D eigenvalue weighted by molar-refractivity contribution is 0.101. The van der Waals surface area contributed by atoms with Crippen molar-refractivity contribution in [2.75, 3.05) is 23.3 Å². The zero-order valence-corrected chi connectivity index (χ0v) is 12.0. The van der Waals surface area contributed by atoms with Gasteiger partial charge in [0.1, 0.15) is 5.82 Å². The lowest BCUT2D eigenvalue weighted by Crippen LogP contribution is -2.19. The van der Waals surface area contributed by atoms with Crippen molar-refractivity contribution in [1.29, 1.82) is 0 Å². The molecule has 2 heterocycles. The van der Waals surface area contributed by atoms with Crippen LogP contribution in [0.1, 0.15) is 30.1 Å². The first-order valence-electron chi connectivity index (χ1n) is 7.18. The van der Waals surface area contributed by atoms with Gasteiger partial charge < -0.3 is 10.2 Å². The molecule has 0 bridgehead atoms. The van der Waals surface area contributed by atoms with E-state index in [0.717, 1.165) is 24.6 Å². The molecule has 5 nitrogen and oxygen atoms in total. The van der Waals surface area contributed by atoms with Crippen LogP contribution in [0.25, 0.3) is 0 Å². The van der Waals surface area contributed by atoms with Crippen molar-refractivity contribution in [3.05, 3.63) is 42.1 Å². The van der Waals surface area contributed by atoms with Crippen molar-refractivity contribution in [3.8, 4) is 0 Å². The van der Waals surface area contributed by atoms with Crippen LogP contribution in [0.4, 0.5) is 17.5 Å². The van der Waals surface area contributed by atoms with Crippen LogP contribution in [0.3, 0.4) is 0 Å². The Hall–Kier alpha value is -2.43. The van der Waals surface area contributed by atoms with Gasteiger partial charge in [-0.1, -0.05) is 0 Å². The highest BCUT2D eigenvalue weighted by molar-refractivity contribution is 5.94. The second kappa shape index (κ2) is 5.91. The number of nitrogens with one attached hydrogen (secondary N) is 1. The van der Waals surface area contributed by atoms with E-state index >= 15 is 0 Å². The van der Waals surface area contributed by atoms with Gasteiger partial charge in [-0.2, -0.15) is 4.98 Å². The first-order valence-corrected chi connectivity index (χ1v) is 7.18. The Labute approximate surface area is 124 Å². The van der Waals surface area contributed by atoms with Crippen LogP contribution in [0, 0.1) is 0 Å². The number of nitrogens with zero attached hydrogens (tertiary/aromatic N) is 3. The highest BCUT2D eigenvalue weighted by atomic mass is 16.1. The van der Waals surface area contributed by atoms with E-state index in [1.807, 2.05) is 18.2 Å². The third kappa shape index (κ3) is 3.18. The van der Waals surface area contributed by atoms with Crippen LogP contribution in [0.5, 0.6) is 0 Å². The maximum Gasteiger partial charge on any atom is 0.229 e. The van der Waals surface area contributed by atoms with E-state index in [0.29, 0.717) is 11.5 Å². The number of Topliss-reactive ketones (excluding diaryl/α,β-unsaturated/α-hetero) is 1. The van der Waals surface area contributed by atoms with Crippen LogP contribution in [-0.4, -0.2) is 28.8 Å². The second-order valence-electron chi connectivity index (χ2n) is 5.19. The summed E-state index contributed by atoms with van der Waals surface area (Å²) < 4.78 is 0. The zero-order valence-electron chi connectivity index (χ0n) is 12.0. The first-order chi connectivity index (χ1) is 10.2. The van der Waals surface area contributed by atoms with Crippen LogP contribution in [0.2, 0.25) is 0 Å². The van der Waals surface area contributed by atoms with Gasteiger partial charge in [0.25, 0.3) is 0 Å². The van der Waals surface area contributed by atoms with Gasteiger partial charge in [0, 0.05) is 30.5 Å². The molecule has 0 spiro atoms. The number of carbonyl (C=O) groups is 1. The molecule has 1 saturated heterocycles. The highest BCUT2D eigenvalue weighted by Crippen LogP contribution is 2.20. The van der Waals surface area contributed by atoms with Crippen molar-refractivity contribution in [3.63, 3.8) is 0 Å². The second-order valence-corrected chi connectivity index (χ2v) is 5.19. The molecule has 1 aliphatic rings. The average Bonchev–Trinajstić information content (AvgIpc) is 3.02. The van der Waals surface area contributed by atoms with Gasteiger partial charge in [0.15, 0.2) is 5.78 Å². The van der Waals surface area contributed by atoms with E-state index in [-0.39, 0.29) is 5.78 Å². The normalized spacial score (nSPS) is 14.2. The van der Waals surface area contributed by atoms with Gasteiger partial charge in [-0.15, -0.1) is 0 Å². The number of anilines is 3. The molecule has 2 aromatic rings. The summed E-state index contributed by atoms with van der Waals surface area (Å²) in [6.07, 6.45) is 4.21. The SMILES string of the molecule is CC(=O)c1ccc(Nc2nccc(N3CCCC3)n2)cc1. The Morgan fingerprint density at radius 1 is 1.14 bits per heavy atom. The molecule has 1 aromatic carbocycles. The molecule has 0 unspecified atom stereocenters. The Balaban J connectivity index is 1.75. The number of carbonyl (C=O) groups excluding carboxylic acids is 1. The van der Waals surface area contributed by atoms with Crippen LogP contribution < -0.4 is 10.2 Å². The van der Waals surface area contributed by atoms with Gasteiger partial charge >= 0.3 is 0 Å². The number of benzene rings is 1. The number of aromatic nitrogens is 2. The predicted octanol–water partition coefficient (Wildman–Crippen LogP) is 3.02. The lowest BCUT2D eigenvalue weighted by atomic mass is 10.1. The van der Waals surface area contributed by atoms with Crippen LogP contribution in [-0.2, 0) is 0 Å². The molecule has 0 aliphatic carbocycles. The maximum absolute atomic E-state index is 11.3.